The highest BCUT2D eigenvalue weighted by atomic mass is 19.4. The Morgan fingerprint density at radius 2 is 0.516 bits per heavy atom. The molecule has 3 fully saturated rings. The summed E-state index contributed by atoms with van der Waals surface area (Å²) >= 11 is 0. The molecule has 7 aromatic carbocycles. The van der Waals surface area contributed by atoms with Crippen molar-refractivity contribution in [1.29, 1.82) is 0 Å². The molecule has 0 spiro atoms. The molecule has 0 radical (unpaired) electrons. The number of carbonyl (C=O) groups excluding carboxylic acids is 7. The maximum atomic E-state index is 14.5. The number of halogens is 12. The van der Waals surface area contributed by atoms with Crippen LogP contribution in [0.5, 0.6) is 0 Å². The van der Waals surface area contributed by atoms with Crippen molar-refractivity contribution in [2.24, 2.45) is 22.9 Å². The molecule has 2 saturated heterocycles. The molecule has 7 amide bonds. The molecule has 0 aromatic heterocycles. The van der Waals surface area contributed by atoms with Crippen LogP contribution in [0.1, 0.15) is 6.42 Å². The van der Waals surface area contributed by atoms with Gasteiger partial charge in [-0.15, -0.1) is 0 Å². The van der Waals surface area contributed by atoms with E-state index >= 15 is 0 Å². The van der Waals surface area contributed by atoms with Crippen molar-refractivity contribution in [2.45, 2.75) is 123 Å². The first-order valence-corrected chi connectivity index (χ1v) is 35.3. The molecule has 7 aromatic rings. The molecule has 1 saturated carbocycles. The summed E-state index contributed by atoms with van der Waals surface area (Å²) in [6.45, 7) is -1.17. The monoisotopic (exact) mass is 1770 g/mol. The van der Waals surface area contributed by atoms with E-state index in [1.54, 1.807) is 212 Å². The van der Waals surface area contributed by atoms with E-state index in [1.807, 2.05) is 0 Å². The second-order valence-corrected chi connectivity index (χ2v) is 25.1. The fraction of sp³-hybridized carbons (Fsp3) is 0.293. The summed E-state index contributed by atoms with van der Waals surface area (Å²) < 4.78 is 196. The molecule has 2 aliphatic heterocycles. The minimum absolute atomic E-state index is 0.246. The zero-order chi connectivity index (χ0) is 91.7. The van der Waals surface area contributed by atoms with Crippen molar-refractivity contribution >= 4 is 106 Å². The van der Waals surface area contributed by atoms with Gasteiger partial charge in [0.25, 0.3) is 0 Å². The molecule has 15 atom stereocenters. The van der Waals surface area contributed by atoms with Crippen LogP contribution >= 0.6 is 0 Å². The number of alkyl halides is 12. The summed E-state index contributed by atoms with van der Waals surface area (Å²) in [7, 11) is 0. The smallest absolute Gasteiger partial charge is 0.475 e. The predicted molar refractivity (Wildman–Crippen MR) is 403 cm³/mol. The first kappa shape index (κ1) is 99.0. The summed E-state index contributed by atoms with van der Waals surface area (Å²) in [5.74, 6) is -11.0. The number of carbonyl (C=O) groups is 11. The standard InChI is InChI=1S/C67H71N11O18.4C2HF3O2/c68-37-48-54(92-63(81)74-41-26-12-3-13-27-41)57(95-66(84)77-44-32-18-6-19-33-44)58(96-67(85)78-45-34-20-7-21-35-45)60(87-48)90-52-47(70)36-46(69)51(56(52)94-65(83)76-43-30-16-5-17-31-43)89-59-55(93-64(82)75-42-28-14-4-15-29-42)50(71)53(91-62(80)73-40-24-10-2-11-25-40)49(88-59)38-86-61(79)72-39-22-8-1-9-23-39;4*3-2(4,5)1(6)7/h1-35,46-60H,36-38,68-71H2,(H,72,79)(H,73,80)(H,74,81)(H,75,82)(H,76,83)(H,77,84)(H,78,85);4*(H,6,7)/t46-,47+,48+,49+,50-,51+,52-,53+,54+,55+,56-,57-,58+,59+,60+;;;;/m0..../s1. The second kappa shape index (κ2) is 46.8. The largest absolute Gasteiger partial charge is 0.490 e. The van der Waals surface area contributed by atoms with E-state index in [0.29, 0.717) is 17.1 Å². The van der Waals surface area contributed by atoms with Gasteiger partial charge in [0, 0.05) is 58.4 Å². The summed E-state index contributed by atoms with van der Waals surface area (Å²) in [5.41, 5.74) is 29.7. The Morgan fingerprint density at radius 1 is 0.306 bits per heavy atom. The number of hydrogen-bond acceptors (Lipinski definition) is 26. The van der Waals surface area contributed by atoms with Crippen LogP contribution in [-0.4, -0.2) is 217 Å². The van der Waals surface area contributed by atoms with Crippen molar-refractivity contribution in [1.82, 2.24) is 0 Å². The normalized spacial score (nSPS) is 22.0. The SMILES string of the molecule is NC[C@H]1O[C@H](O[C@@H]2[C@@H](OC(=O)Nc3ccccc3)[C@H](O[C@H]3O[C@H](COC(=O)Nc4ccccc4)[C@@H](OC(=O)Nc4ccccc4)[C@H](N)[C@H]3OC(=O)Nc3ccccc3)[C@@H](N)C[C@H]2N)[C@H](OC(=O)Nc2ccccc2)[C@@H](OC(=O)Nc2ccccc2)[C@@H]1OC(=O)Nc1ccccc1.O=C(O)C(F)(F)F.O=C(O)C(F)(F)F.O=C(O)C(F)(F)F.O=C(O)C(F)(F)F. The quantitative estimate of drug-likeness (QED) is 0.0249. The van der Waals surface area contributed by atoms with Crippen LogP contribution in [0.4, 0.5) is 126 Å². The van der Waals surface area contributed by atoms with E-state index in [0.717, 1.165) is 0 Å². The Balaban J connectivity index is 0.000000729. The first-order valence-electron chi connectivity index (χ1n) is 35.3. The van der Waals surface area contributed by atoms with E-state index in [1.165, 1.54) is 0 Å². The predicted octanol–water partition coefficient (Wildman–Crippen LogP) is 11.0. The van der Waals surface area contributed by atoms with Crippen LogP contribution in [0, 0.1) is 0 Å². The van der Waals surface area contributed by atoms with E-state index in [2.05, 4.69) is 37.2 Å². The van der Waals surface area contributed by atoms with Gasteiger partial charge >= 0.3 is 91.2 Å². The molecule has 19 N–H and O–H groups in total. The van der Waals surface area contributed by atoms with Crippen LogP contribution in [0.15, 0.2) is 212 Å². The lowest BCUT2D eigenvalue weighted by Crippen LogP contribution is -2.70. The van der Waals surface area contributed by atoms with Gasteiger partial charge < -0.3 is 95.5 Å². The van der Waals surface area contributed by atoms with Gasteiger partial charge in [0.15, 0.2) is 49.2 Å². The lowest BCUT2D eigenvalue weighted by atomic mass is 9.84. The lowest BCUT2D eigenvalue weighted by molar-refractivity contribution is -0.328. The third kappa shape index (κ3) is 33.3. The highest BCUT2D eigenvalue weighted by Crippen LogP contribution is 2.38. The van der Waals surface area contributed by atoms with Gasteiger partial charge in [0.1, 0.15) is 31.0 Å². The van der Waals surface area contributed by atoms with Crippen molar-refractivity contribution < 1.29 is 178 Å². The molecule has 49 heteroatoms. The first-order chi connectivity index (χ1) is 58.4. The maximum Gasteiger partial charge on any atom is 0.490 e. The molecule has 0 bridgehead atoms. The van der Waals surface area contributed by atoms with Crippen molar-refractivity contribution in [3.63, 3.8) is 0 Å². The van der Waals surface area contributed by atoms with E-state index in [-0.39, 0.29) is 29.2 Å². The molecule has 37 nitrogen and oxygen atoms in total. The molecule has 670 valence electrons. The maximum absolute atomic E-state index is 14.5. The zero-order valence-electron chi connectivity index (χ0n) is 63.1. The fourth-order valence-corrected chi connectivity index (χ4v) is 10.7. The highest BCUT2D eigenvalue weighted by Gasteiger charge is 2.58. The van der Waals surface area contributed by atoms with E-state index in [9.17, 15) is 86.2 Å². The summed E-state index contributed by atoms with van der Waals surface area (Å²) in [6.07, 6.45) is -49.2. The van der Waals surface area contributed by atoms with Gasteiger partial charge in [0.2, 0.25) is 0 Å². The van der Waals surface area contributed by atoms with Crippen molar-refractivity contribution in [2.75, 3.05) is 50.4 Å². The number of amides is 7. The van der Waals surface area contributed by atoms with Gasteiger partial charge in [-0.1, -0.05) is 127 Å². The number of anilines is 7. The molecule has 10 rings (SSSR count). The summed E-state index contributed by atoms with van der Waals surface area (Å²) in [5, 5.41) is 46.8. The number of carboxylic acid groups (broad SMARTS) is 4. The number of rotatable bonds is 20. The van der Waals surface area contributed by atoms with E-state index < -0.39 is 196 Å². The minimum atomic E-state index is -5.08. The Bertz CT molecular complexity index is 4500. The van der Waals surface area contributed by atoms with Crippen LogP contribution in [0.25, 0.3) is 0 Å². The van der Waals surface area contributed by atoms with Crippen LogP contribution in [0.3, 0.4) is 0 Å². The Hall–Kier alpha value is -13.9. The van der Waals surface area contributed by atoms with Crippen molar-refractivity contribution in [3.8, 4) is 0 Å². The number of benzene rings is 7. The van der Waals surface area contributed by atoms with Gasteiger partial charge in [-0.2, -0.15) is 52.7 Å². The summed E-state index contributed by atoms with van der Waals surface area (Å²) in [6, 6.07) is 53.2. The number of para-hydroxylation sites is 7. The summed E-state index contributed by atoms with van der Waals surface area (Å²) in [4.78, 5) is 134. The topological polar surface area (TPSA) is 559 Å². The second-order valence-electron chi connectivity index (χ2n) is 25.1. The zero-order valence-corrected chi connectivity index (χ0v) is 63.1. The third-order valence-electron chi connectivity index (χ3n) is 16.1. The molecule has 3 aliphatic rings. The average Bonchev–Trinajstić information content (AvgIpc) is 0.768. The van der Waals surface area contributed by atoms with Crippen LogP contribution in [0.2, 0.25) is 0 Å². The van der Waals surface area contributed by atoms with Gasteiger partial charge in [-0.25, -0.2) is 52.7 Å². The number of carboxylic acids is 4. The van der Waals surface area contributed by atoms with Gasteiger partial charge in [-0.3, -0.25) is 37.2 Å². The molecule has 1 aliphatic carbocycles. The third-order valence-corrected chi connectivity index (χ3v) is 16.1. The molecule has 2 heterocycles. The lowest BCUT2D eigenvalue weighted by Gasteiger charge is -2.50. The average molecular weight is 1770 g/mol. The van der Waals surface area contributed by atoms with E-state index in [4.69, 9.17) is 115 Å². The Morgan fingerprint density at radius 3 is 0.774 bits per heavy atom. The van der Waals surface area contributed by atoms with Crippen LogP contribution < -0.4 is 60.2 Å². The Labute approximate surface area is 690 Å². The van der Waals surface area contributed by atoms with Crippen molar-refractivity contribution in [3.05, 3.63) is 212 Å². The molecule has 0 unspecified atom stereocenters. The molecule has 124 heavy (non-hydrogen) atoms. The molecular weight excluding hydrogens is 1700 g/mol. The molecular formula is C75H75F12N11O26. The number of nitrogens with two attached hydrogens (primary N) is 4. The van der Waals surface area contributed by atoms with Gasteiger partial charge in [-0.05, 0) is 91.3 Å². The van der Waals surface area contributed by atoms with Crippen LogP contribution in [-0.2, 0) is 71.3 Å². The number of ether oxygens (including phenoxy) is 11. The Kier molecular flexibility index (Phi) is 37.4. The fourth-order valence-electron chi connectivity index (χ4n) is 10.7. The minimum Gasteiger partial charge on any atom is -0.475 e. The number of nitrogens with one attached hydrogen (secondary N) is 7. The van der Waals surface area contributed by atoms with Gasteiger partial charge in [0.05, 0.1) is 6.04 Å². The number of hydrogen-bond donors (Lipinski definition) is 15. The number of aliphatic carboxylic acids is 4. The highest BCUT2D eigenvalue weighted by molar-refractivity contribution is 5.89.